The molecule has 5 nitrogen and oxygen atoms in total. The van der Waals surface area contributed by atoms with Gasteiger partial charge in [-0.1, -0.05) is 0 Å². The van der Waals surface area contributed by atoms with Gasteiger partial charge in [-0.2, -0.15) is 0 Å². The average Bonchev–Trinajstić information content (AvgIpc) is 2.71. The Balaban J connectivity index is 2.18. The fourth-order valence-electron chi connectivity index (χ4n) is 3.19. The number of ether oxygens (including phenoxy) is 2. The summed E-state index contributed by atoms with van der Waals surface area (Å²) < 4.78 is 10.6. The van der Waals surface area contributed by atoms with Crippen LogP contribution >= 0.6 is 0 Å². The SMILES string of the molecule is COc1ccc(-c2cc(C=CC(=O)O)cc(-c3ccc(OC)cc3C)n2)c(C)c1. The summed E-state index contributed by atoms with van der Waals surface area (Å²) in [4.78, 5) is 15.9. The summed E-state index contributed by atoms with van der Waals surface area (Å²) in [5.74, 6) is 0.560. The number of aromatic nitrogens is 1. The Hall–Kier alpha value is -3.60. The molecule has 1 aromatic heterocycles. The number of carbonyl (C=O) groups is 1. The molecule has 1 heterocycles. The van der Waals surface area contributed by atoms with Crippen LogP contribution in [-0.2, 0) is 4.79 Å². The first kappa shape index (κ1) is 20.1. The molecular formula is C24H23NO4. The lowest BCUT2D eigenvalue weighted by molar-refractivity contribution is -0.131. The van der Waals surface area contributed by atoms with Crippen LogP contribution in [-0.4, -0.2) is 30.3 Å². The van der Waals surface area contributed by atoms with E-state index in [1.165, 1.54) is 0 Å². The van der Waals surface area contributed by atoms with E-state index < -0.39 is 5.97 Å². The van der Waals surface area contributed by atoms with E-state index in [4.69, 9.17) is 19.6 Å². The van der Waals surface area contributed by atoms with Gasteiger partial charge in [-0.3, -0.25) is 0 Å². The van der Waals surface area contributed by atoms with Gasteiger partial charge in [0, 0.05) is 17.2 Å². The van der Waals surface area contributed by atoms with Crippen LogP contribution in [0.15, 0.2) is 54.6 Å². The van der Waals surface area contributed by atoms with Gasteiger partial charge >= 0.3 is 5.97 Å². The van der Waals surface area contributed by atoms with Crippen molar-refractivity contribution in [2.24, 2.45) is 0 Å². The maximum atomic E-state index is 11.0. The van der Waals surface area contributed by atoms with Gasteiger partial charge in [0.15, 0.2) is 0 Å². The van der Waals surface area contributed by atoms with Gasteiger partial charge in [-0.25, -0.2) is 9.78 Å². The van der Waals surface area contributed by atoms with E-state index in [1.54, 1.807) is 20.3 Å². The number of carboxylic acids is 1. The molecule has 0 radical (unpaired) electrons. The number of carboxylic acid groups (broad SMARTS) is 1. The van der Waals surface area contributed by atoms with E-state index in [9.17, 15) is 4.79 Å². The first-order chi connectivity index (χ1) is 13.9. The summed E-state index contributed by atoms with van der Waals surface area (Å²) in [6.45, 7) is 4.00. The van der Waals surface area contributed by atoms with Crippen molar-refractivity contribution in [1.82, 2.24) is 4.98 Å². The summed E-state index contributed by atoms with van der Waals surface area (Å²) in [6, 6.07) is 15.4. The number of pyridine rings is 1. The molecule has 5 heteroatoms. The zero-order chi connectivity index (χ0) is 21.0. The van der Waals surface area contributed by atoms with E-state index in [0.29, 0.717) is 0 Å². The molecular weight excluding hydrogens is 366 g/mol. The Bertz CT molecular complexity index is 1010. The van der Waals surface area contributed by atoms with Crippen LogP contribution in [0.25, 0.3) is 28.6 Å². The van der Waals surface area contributed by atoms with Crippen molar-refractivity contribution in [3.05, 3.63) is 71.3 Å². The van der Waals surface area contributed by atoms with Crippen LogP contribution in [0.5, 0.6) is 11.5 Å². The monoisotopic (exact) mass is 389 g/mol. The quantitative estimate of drug-likeness (QED) is 0.591. The first-order valence-corrected chi connectivity index (χ1v) is 9.14. The Morgan fingerprint density at radius 3 is 1.72 bits per heavy atom. The summed E-state index contributed by atoms with van der Waals surface area (Å²) in [5.41, 5.74) is 6.26. The van der Waals surface area contributed by atoms with Crippen LogP contribution in [0, 0.1) is 13.8 Å². The van der Waals surface area contributed by atoms with Crippen LogP contribution in [0.2, 0.25) is 0 Å². The molecule has 148 valence electrons. The molecule has 2 aromatic carbocycles. The summed E-state index contributed by atoms with van der Waals surface area (Å²) in [7, 11) is 3.27. The first-order valence-electron chi connectivity index (χ1n) is 9.14. The van der Waals surface area contributed by atoms with Gasteiger partial charge in [-0.15, -0.1) is 0 Å². The van der Waals surface area contributed by atoms with Gasteiger partial charge in [0.2, 0.25) is 0 Å². The molecule has 0 fully saturated rings. The molecule has 0 amide bonds. The lowest BCUT2D eigenvalue weighted by Gasteiger charge is -2.13. The summed E-state index contributed by atoms with van der Waals surface area (Å²) >= 11 is 0. The number of methoxy groups -OCH3 is 2. The summed E-state index contributed by atoms with van der Waals surface area (Å²) in [5, 5.41) is 9.02. The van der Waals surface area contributed by atoms with Crippen molar-refractivity contribution in [3.8, 4) is 34.0 Å². The predicted molar refractivity (Wildman–Crippen MR) is 114 cm³/mol. The standard InChI is InChI=1S/C24H23NO4/c1-15-11-18(28-3)6-8-20(15)22-13-17(5-10-24(26)27)14-23(25-22)21-9-7-19(29-4)12-16(21)2/h5-14H,1-4H3,(H,26,27). The second-order valence-electron chi connectivity index (χ2n) is 6.70. The molecule has 0 aliphatic carbocycles. The van der Waals surface area contributed by atoms with Crippen LogP contribution in [0.4, 0.5) is 0 Å². The topological polar surface area (TPSA) is 68.7 Å². The Morgan fingerprint density at radius 2 is 1.34 bits per heavy atom. The molecule has 0 aliphatic heterocycles. The van der Waals surface area contributed by atoms with Crippen molar-refractivity contribution in [2.45, 2.75) is 13.8 Å². The molecule has 0 spiro atoms. The van der Waals surface area contributed by atoms with Crippen molar-refractivity contribution in [2.75, 3.05) is 14.2 Å². The van der Waals surface area contributed by atoms with E-state index in [2.05, 4.69) is 0 Å². The number of aliphatic carboxylic acids is 1. The molecule has 0 saturated heterocycles. The normalized spacial score (nSPS) is 10.9. The predicted octanol–water partition coefficient (Wildman–Crippen LogP) is 5.15. The third kappa shape index (κ3) is 4.63. The highest BCUT2D eigenvalue weighted by Gasteiger charge is 2.11. The molecule has 1 N–H and O–H groups in total. The van der Waals surface area contributed by atoms with E-state index in [1.807, 2.05) is 62.4 Å². The highest BCUT2D eigenvalue weighted by molar-refractivity contribution is 5.86. The number of aryl methyl sites for hydroxylation is 2. The zero-order valence-electron chi connectivity index (χ0n) is 16.9. The van der Waals surface area contributed by atoms with E-state index in [-0.39, 0.29) is 0 Å². The fraction of sp³-hybridized carbons (Fsp3) is 0.167. The lowest BCUT2D eigenvalue weighted by Crippen LogP contribution is -1.95. The largest absolute Gasteiger partial charge is 0.497 e. The van der Waals surface area contributed by atoms with Crippen LogP contribution in [0.3, 0.4) is 0 Å². The molecule has 29 heavy (non-hydrogen) atoms. The number of hydrogen-bond acceptors (Lipinski definition) is 4. The minimum atomic E-state index is -0.994. The minimum Gasteiger partial charge on any atom is -0.497 e. The Morgan fingerprint density at radius 1 is 0.862 bits per heavy atom. The van der Waals surface area contributed by atoms with Crippen molar-refractivity contribution in [3.63, 3.8) is 0 Å². The highest BCUT2D eigenvalue weighted by Crippen LogP contribution is 2.31. The third-order valence-electron chi connectivity index (χ3n) is 4.69. The van der Waals surface area contributed by atoms with Crippen LogP contribution < -0.4 is 9.47 Å². The molecule has 0 atom stereocenters. The maximum Gasteiger partial charge on any atom is 0.328 e. The van der Waals surface area contributed by atoms with Gasteiger partial charge < -0.3 is 14.6 Å². The number of hydrogen-bond donors (Lipinski definition) is 1. The van der Waals surface area contributed by atoms with E-state index in [0.717, 1.165) is 56.8 Å². The van der Waals surface area contributed by atoms with Crippen LogP contribution in [0.1, 0.15) is 16.7 Å². The molecule has 3 rings (SSSR count). The van der Waals surface area contributed by atoms with Crippen molar-refractivity contribution in [1.29, 1.82) is 0 Å². The van der Waals surface area contributed by atoms with Gasteiger partial charge in [-0.05, 0) is 85.1 Å². The van der Waals surface area contributed by atoms with Crippen molar-refractivity contribution >= 4 is 12.0 Å². The minimum absolute atomic E-state index is 0.762. The van der Waals surface area contributed by atoms with E-state index >= 15 is 0 Å². The molecule has 0 bridgehead atoms. The number of rotatable bonds is 6. The smallest absolute Gasteiger partial charge is 0.328 e. The average molecular weight is 389 g/mol. The molecule has 0 saturated carbocycles. The second kappa shape index (κ2) is 8.61. The second-order valence-corrected chi connectivity index (χ2v) is 6.70. The molecule has 3 aromatic rings. The molecule has 0 unspecified atom stereocenters. The zero-order valence-corrected chi connectivity index (χ0v) is 16.9. The molecule has 0 aliphatic rings. The maximum absolute atomic E-state index is 11.0. The fourth-order valence-corrected chi connectivity index (χ4v) is 3.19. The third-order valence-corrected chi connectivity index (χ3v) is 4.69. The number of benzene rings is 2. The van der Waals surface area contributed by atoms with Crippen molar-refractivity contribution < 1.29 is 19.4 Å². The van der Waals surface area contributed by atoms with Gasteiger partial charge in [0.1, 0.15) is 11.5 Å². The van der Waals surface area contributed by atoms with Gasteiger partial charge in [0.25, 0.3) is 0 Å². The van der Waals surface area contributed by atoms with Gasteiger partial charge in [0.05, 0.1) is 25.6 Å². The Kier molecular flexibility index (Phi) is 5.98. The highest BCUT2D eigenvalue weighted by atomic mass is 16.5. The summed E-state index contributed by atoms with van der Waals surface area (Å²) in [6.07, 6.45) is 2.71. The Labute approximate surface area is 170 Å². The number of nitrogens with zero attached hydrogens (tertiary/aromatic N) is 1. The lowest BCUT2D eigenvalue weighted by atomic mass is 9.99.